The van der Waals surface area contributed by atoms with Gasteiger partial charge < -0.3 is 14.7 Å². The molecule has 0 aliphatic heterocycles. The number of methoxy groups -OCH3 is 1. The van der Waals surface area contributed by atoms with Crippen LogP contribution in [0.4, 0.5) is 11.5 Å². The zero-order chi connectivity index (χ0) is 14.7. The minimum absolute atomic E-state index is 0.0831. The Kier molecular flexibility index (Phi) is 4.10. The first-order valence-electron chi connectivity index (χ1n) is 5.80. The number of pyridine rings is 1. The largest absolute Gasteiger partial charge is 0.497 e. The third-order valence-corrected chi connectivity index (χ3v) is 3.04. The summed E-state index contributed by atoms with van der Waals surface area (Å²) in [6.07, 6.45) is 0. The second kappa shape index (κ2) is 5.79. The van der Waals surface area contributed by atoms with E-state index in [4.69, 9.17) is 16.3 Å². The Hall–Kier alpha value is -2.27. The third kappa shape index (κ3) is 2.83. The van der Waals surface area contributed by atoms with E-state index in [-0.39, 0.29) is 16.5 Å². The standard InChI is InChI=1S/C14H13ClN2O3/c1-17(9-4-3-5-10(8-9)20-2)13-11(14(18)19)6-7-12(15)16-13/h3-8H,1-2H3,(H,18,19). The second-order valence-electron chi connectivity index (χ2n) is 4.07. The zero-order valence-corrected chi connectivity index (χ0v) is 11.8. The number of carboxylic acids is 1. The van der Waals surface area contributed by atoms with E-state index in [0.717, 1.165) is 5.69 Å². The van der Waals surface area contributed by atoms with Crippen LogP contribution in [0.3, 0.4) is 0 Å². The Morgan fingerprint density at radius 3 is 2.75 bits per heavy atom. The normalized spacial score (nSPS) is 10.2. The van der Waals surface area contributed by atoms with Crippen LogP contribution < -0.4 is 9.64 Å². The molecule has 0 aliphatic rings. The average molecular weight is 293 g/mol. The zero-order valence-electron chi connectivity index (χ0n) is 11.0. The number of benzene rings is 1. The monoisotopic (exact) mass is 292 g/mol. The summed E-state index contributed by atoms with van der Waals surface area (Å²) in [6.45, 7) is 0. The van der Waals surface area contributed by atoms with Gasteiger partial charge >= 0.3 is 5.97 Å². The fourth-order valence-corrected chi connectivity index (χ4v) is 1.93. The number of aromatic nitrogens is 1. The molecule has 2 rings (SSSR count). The number of hydrogen-bond acceptors (Lipinski definition) is 4. The van der Waals surface area contributed by atoms with Crippen molar-refractivity contribution in [1.29, 1.82) is 0 Å². The van der Waals surface area contributed by atoms with E-state index < -0.39 is 5.97 Å². The highest BCUT2D eigenvalue weighted by molar-refractivity contribution is 6.29. The van der Waals surface area contributed by atoms with E-state index in [9.17, 15) is 9.90 Å². The maximum atomic E-state index is 11.3. The van der Waals surface area contributed by atoms with Crippen molar-refractivity contribution in [2.45, 2.75) is 0 Å². The number of nitrogens with zero attached hydrogens (tertiary/aromatic N) is 2. The number of hydrogen-bond donors (Lipinski definition) is 1. The molecule has 0 atom stereocenters. The van der Waals surface area contributed by atoms with Gasteiger partial charge in [0.2, 0.25) is 0 Å². The van der Waals surface area contributed by atoms with Crippen LogP contribution in [0.25, 0.3) is 0 Å². The summed E-state index contributed by atoms with van der Waals surface area (Å²) in [6, 6.07) is 10.1. The topological polar surface area (TPSA) is 62.7 Å². The molecule has 5 nitrogen and oxygen atoms in total. The van der Waals surface area contributed by atoms with Crippen LogP contribution in [0, 0.1) is 0 Å². The molecule has 6 heteroatoms. The molecule has 104 valence electrons. The van der Waals surface area contributed by atoms with Crippen LogP contribution in [0.15, 0.2) is 36.4 Å². The lowest BCUT2D eigenvalue weighted by Gasteiger charge is -2.20. The predicted molar refractivity (Wildman–Crippen MR) is 77.3 cm³/mol. The first-order valence-corrected chi connectivity index (χ1v) is 6.18. The van der Waals surface area contributed by atoms with E-state index in [1.54, 1.807) is 31.2 Å². The van der Waals surface area contributed by atoms with Gasteiger partial charge in [0.15, 0.2) is 0 Å². The van der Waals surface area contributed by atoms with Gasteiger partial charge in [0, 0.05) is 18.8 Å². The van der Waals surface area contributed by atoms with Crippen molar-refractivity contribution >= 4 is 29.1 Å². The fraction of sp³-hybridized carbons (Fsp3) is 0.143. The van der Waals surface area contributed by atoms with Crippen LogP contribution >= 0.6 is 11.6 Å². The fourth-order valence-electron chi connectivity index (χ4n) is 1.79. The summed E-state index contributed by atoms with van der Waals surface area (Å²) in [5.74, 6) is -0.106. The van der Waals surface area contributed by atoms with E-state index in [2.05, 4.69) is 4.98 Å². The SMILES string of the molecule is COc1cccc(N(C)c2nc(Cl)ccc2C(=O)O)c1. The van der Waals surface area contributed by atoms with Crippen LogP contribution in [-0.4, -0.2) is 30.2 Å². The third-order valence-electron chi connectivity index (χ3n) is 2.83. The smallest absolute Gasteiger partial charge is 0.339 e. The van der Waals surface area contributed by atoms with Crippen LogP contribution in [0.1, 0.15) is 10.4 Å². The minimum Gasteiger partial charge on any atom is -0.497 e. The number of ether oxygens (including phenoxy) is 1. The molecule has 20 heavy (non-hydrogen) atoms. The number of anilines is 2. The van der Waals surface area contributed by atoms with E-state index in [0.29, 0.717) is 5.75 Å². The molecule has 0 spiro atoms. The molecule has 0 radical (unpaired) electrons. The molecule has 0 amide bonds. The van der Waals surface area contributed by atoms with Gasteiger partial charge in [-0.2, -0.15) is 0 Å². The van der Waals surface area contributed by atoms with Gasteiger partial charge in [-0.1, -0.05) is 17.7 Å². The second-order valence-corrected chi connectivity index (χ2v) is 4.46. The molecular weight excluding hydrogens is 280 g/mol. The van der Waals surface area contributed by atoms with Gasteiger partial charge in [-0.05, 0) is 24.3 Å². The van der Waals surface area contributed by atoms with Crippen LogP contribution in [0.5, 0.6) is 5.75 Å². The molecule has 0 unspecified atom stereocenters. The van der Waals surface area contributed by atoms with Gasteiger partial charge in [-0.15, -0.1) is 0 Å². The van der Waals surface area contributed by atoms with Gasteiger partial charge in [-0.25, -0.2) is 9.78 Å². The number of rotatable bonds is 4. The Labute approximate surface area is 121 Å². The number of carbonyl (C=O) groups is 1. The summed E-state index contributed by atoms with van der Waals surface area (Å²) >= 11 is 5.86. The Balaban J connectivity index is 2.49. The average Bonchev–Trinajstić information content (AvgIpc) is 2.46. The van der Waals surface area contributed by atoms with Crippen LogP contribution in [-0.2, 0) is 0 Å². The Morgan fingerprint density at radius 1 is 1.35 bits per heavy atom. The lowest BCUT2D eigenvalue weighted by molar-refractivity contribution is 0.0697. The maximum Gasteiger partial charge on any atom is 0.339 e. The first kappa shape index (κ1) is 14.1. The van der Waals surface area contributed by atoms with E-state index in [1.165, 1.54) is 12.1 Å². The summed E-state index contributed by atoms with van der Waals surface area (Å²) < 4.78 is 5.15. The molecular formula is C14H13ClN2O3. The summed E-state index contributed by atoms with van der Waals surface area (Å²) in [5.41, 5.74) is 0.835. The van der Waals surface area contributed by atoms with Crippen molar-refractivity contribution in [2.75, 3.05) is 19.1 Å². The molecule has 0 fully saturated rings. The molecule has 1 aromatic carbocycles. The summed E-state index contributed by atoms with van der Waals surface area (Å²) in [5, 5.41) is 9.45. The lowest BCUT2D eigenvalue weighted by atomic mass is 10.2. The van der Waals surface area contributed by atoms with Gasteiger partial charge in [-0.3, -0.25) is 0 Å². The van der Waals surface area contributed by atoms with E-state index in [1.807, 2.05) is 12.1 Å². The van der Waals surface area contributed by atoms with E-state index >= 15 is 0 Å². The lowest BCUT2D eigenvalue weighted by Crippen LogP contribution is -2.16. The van der Waals surface area contributed by atoms with Crippen molar-refractivity contribution in [2.24, 2.45) is 0 Å². The Morgan fingerprint density at radius 2 is 2.10 bits per heavy atom. The number of carboxylic acid groups (broad SMARTS) is 1. The van der Waals surface area contributed by atoms with Crippen LogP contribution in [0.2, 0.25) is 5.15 Å². The molecule has 0 aliphatic carbocycles. The predicted octanol–water partition coefficient (Wildman–Crippen LogP) is 3.21. The molecule has 2 aromatic rings. The molecule has 0 saturated carbocycles. The van der Waals surface area contributed by atoms with Crippen molar-refractivity contribution in [3.63, 3.8) is 0 Å². The highest BCUT2D eigenvalue weighted by Gasteiger charge is 2.17. The van der Waals surface area contributed by atoms with Crippen molar-refractivity contribution < 1.29 is 14.6 Å². The van der Waals surface area contributed by atoms with Crippen molar-refractivity contribution in [3.05, 3.63) is 47.1 Å². The Bertz CT molecular complexity index is 646. The summed E-state index contributed by atoms with van der Waals surface area (Å²) in [4.78, 5) is 17.0. The molecule has 1 aromatic heterocycles. The van der Waals surface area contributed by atoms with Gasteiger partial charge in [0.05, 0.1) is 7.11 Å². The summed E-state index contributed by atoms with van der Waals surface area (Å²) in [7, 11) is 3.29. The minimum atomic E-state index is -1.06. The maximum absolute atomic E-state index is 11.3. The highest BCUT2D eigenvalue weighted by Crippen LogP contribution is 2.29. The molecule has 1 heterocycles. The first-order chi connectivity index (χ1) is 9.52. The van der Waals surface area contributed by atoms with Gasteiger partial charge in [0.1, 0.15) is 22.3 Å². The number of halogens is 1. The highest BCUT2D eigenvalue weighted by atomic mass is 35.5. The molecule has 0 saturated heterocycles. The number of aromatic carboxylic acids is 1. The molecule has 0 bridgehead atoms. The van der Waals surface area contributed by atoms with Crippen molar-refractivity contribution in [3.8, 4) is 5.75 Å². The van der Waals surface area contributed by atoms with Crippen molar-refractivity contribution in [1.82, 2.24) is 4.98 Å². The quantitative estimate of drug-likeness (QED) is 0.877. The van der Waals surface area contributed by atoms with Gasteiger partial charge in [0.25, 0.3) is 0 Å². The molecule has 1 N–H and O–H groups in total.